The number of sulfonamides is 1. The van der Waals surface area contributed by atoms with Crippen molar-refractivity contribution in [3.8, 4) is 0 Å². The van der Waals surface area contributed by atoms with Gasteiger partial charge in [-0.15, -0.1) is 0 Å². The largest absolute Gasteiger partial charge is 0.399 e. The Labute approximate surface area is 111 Å². The smallest absolute Gasteiger partial charge is 0.239 e. The highest BCUT2D eigenvalue weighted by Gasteiger charge is 2.18. The number of amides is 1. The molecule has 1 aromatic rings. The molecule has 1 aliphatic heterocycles. The van der Waals surface area contributed by atoms with Crippen LogP contribution in [0.5, 0.6) is 0 Å². The number of hydrogen-bond acceptors (Lipinski definition) is 5. The molecular formula is C11H16N4O3S. The molecule has 0 aromatic heterocycles. The topological polar surface area (TPSA) is 119 Å². The van der Waals surface area contributed by atoms with Crippen LogP contribution in [0.15, 0.2) is 23.1 Å². The molecule has 0 atom stereocenters. The van der Waals surface area contributed by atoms with E-state index in [0.717, 1.165) is 6.42 Å². The molecule has 1 aromatic carbocycles. The van der Waals surface area contributed by atoms with E-state index in [1.807, 2.05) is 0 Å². The first-order valence-electron chi connectivity index (χ1n) is 5.81. The predicted octanol–water partition coefficient (Wildman–Crippen LogP) is -0.757. The van der Waals surface area contributed by atoms with Gasteiger partial charge in [-0.05, 0) is 24.6 Å². The Morgan fingerprint density at radius 2 is 2.00 bits per heavy atom. The summed E-state index contributed by atoms with van der Waals surface area (Å²) in [6.45, 7) is 1.43. The van der Waals surface area contributed by atoms with Gasteiger partial charge in [-0.1, -0.05) is 0 Å². The van der Waals surface area contributed by atoms with E-state index in [1.165, 1.54) is 12.1 Å². The van der Waals surface area contributed by atoms with Gasteiger partial charge in [0.25, 0.3) is 0 Å². The fourth-order valence-corrected chi connectivity index (χ4v) is 2.56. The minimum absolute atomic E-state index is 0.0489. The van der Waals surface area contributed by atoms with Crippen molar-refractivity contribution in [3.05, 3.63) is 18.2 Å². The molecule has 0 unspecified atom stereocenters. The molecule has 0 radical (unpaired) electrons. The van der Waals surface area contributed by atoms with Gasteiger partial charge in [0.2, 0.25) is 15.9 Å². The molecule has 1 heterocycles. The number of carbonyl (C=O) groups is 1. The Hall–Kier alpha value is -1.80. The zero-order valence-corrected chi connectivity index (χ0v) is 11.1. The van der Waals surface area contributed by atoms with Gasteiger partial charge >= 0.3 is 0 Å². The molecule has 5 N–H and O–H groups in total. The van der Waals surface area contributed by atoms with Crippen molar-refractivity contribution < 1.29 is 13.2 Å². The van der Waals surface area contributed by atoms with Crippen LogP contribution in [0, 0.1) is 0 Å². The van der Waals surface area contributed by atoms with Crippen LogP contribution in [-0.2, 0) is 14.8 Å². The number of nitrogen functional groups attached to an aromatic ring is 1. The number of hydrogen-bond donors (Lipinski definition) is 3. The molecule has 1 fully saturated rings. The summed E-state index contributed by atoms with van der Waals surface area (Å²) in [5, 5.41) is 7.85. The van der Waals surface area contributed by atoms with Crippen molar-refractivity contribution in [2.24, 2.45) is 5.14 Å². The van der Waals surface area contributed by atoms with E-state index in [-0.39, 0.29) is 17.3 Å². The van der Waals surface area contributed by atoms with E-state index in [1.54, 1.807) is 11.0 Å². The first-order valence-corrected chi connectivity index (χ1v) is 7.36. The Bertz CT molecular complexity index is 600. The number of primary sulfonamides is 1. The molecule has 2 rings (SSSR count). The summed E-state index contributed by atoms with van der Waals surface area (Å²) in [6.07, 6.45) is 0.783. The van der Waals surface area contributed by atoms with Crippen LogP contribution < -0.4 is 21.1 Å². The van der Waals surface area contributed by atoms with Crippen molar-refractivity contribution in [2.45, 2.75) is 11.3 Å². The van der Waals surface area contributed by atoms with Gasteiger partial charge in [-0.25, -0.2) is 13.6 Å². The lowest BCUT2D eigenvalue weighted by atomic mass is 10.2. The molecule has 7 nitrogen and oxygen atoms in total. The van der Waals surface area contributed by atoms with Crippen LogP contribution in [-0.4, -0.2) is 34.0 Å². The molecule has 1 aliphatic rings. The molecule has 104 valence electrons. The van der Waals surface area contributed by atoms with Gasteiger partial charge in [-0.3, -0.25) is 4.79 Å². The maximum absolute atomic E-state index is 11.5. The fraction of sp³-hybridized carbons (Fsp3) is 0.364. The number of carbonyl (C=O) groups excluding carboxylic acids is 1. The van der Waals surface area contributed by atoms with Gasteiger partial charge < -0.3 is 16.0 Å². The SMILES string of the molecule is Nc1cc(N2CCCNC(=O)C2)cc(S(N)(=O)=O)c1. The minimum atomic E-state index is -3.82. The van der Waals surface area contributed by atoms with Crippen molar-refractivity contribution in [1.29, 1.82) is 0 Å². The summed E-state index contributed by atoms with van der Waals surface area (Å²) >= 11 is 0. The third-order valence-corrected chi connectivity index (χ3v) is 3.76. The molecule has 1 amide bonds. The van der Waals surface area contributed by atoms with Crippen LogP contribution in [0.25, 0.3) is 0 Å². The first-order chi connectivity index (χ1) is 8.86. The third kappa shape index (κ3) is 3.36. The van der Waals surface area contributed by atoms with Crippen molar-refractivity contribution >= 4 is 27.3 Å². The van der Waals surface area contributed by atoms with Gasteiger partial charge in [0.1, 0.15) is 0 Å². The minimum Gasteiger partial charge on any atom is -0.399 e. The fourth-order valence-electron chi connectivity index (χ4n) is 1.98. The molecule has 0 bridgehead atoms. The van der Waals surface area contributed by atoms with E-state index < -0.39 is 10.0 Å². The van der Waals surface area contributed by atoms with Crippen LogP contribution in [0.4, 0.5) is 11.4 Å². The van der Waals surface area contributed by atoms with E-state index >= 15 is 0 Å². The Morgan fingerprint density at radius 3 is 2.68 bits per heavy atom. The van der Waals surface area contributed by atoms with Gasteiger partial charge in [-0.2, -0.15) is 0 Å². The monoisotopic (exact) mass is 284 g/mol. The summed E-state index contributed by atoms with van der Waals surface area (Å²) in [6, 6.07) is 4.37. The second kappa shape index (κ2) is 5.06. The van der Waals surface area contributed by atoms with Gasteiger partial charge in [0, 0.05) is 24.5 Å². The van der Waals surface area contributed by atoms with Crippen LogP contribution in [0.3, 0.4) is 0 Å². The first kappa shape index (κ1) is 13.6. The van der Waals surface area contributed by atoms with Crippen LogP contribution in [0.2, 0.25) is 0 Å². The Balaban J connectivity index is 2.38. The maximum atomic E-state index is 11.5. The second-order valence-electron chi connectivity index (χ2n) is 4.43. The van der Waals surface area contributed by atoms with Crippen molar-refractivity contribution in [3.63, 3.8) is 0 Å². The molecule has 0 aliphatic carbocycles. The molecule has 0 saturated carbocycles. The number of nitrogens with two attached hydrogens (primary N) is 2. The quantitative estimate of drug-likeness (QED) is 0.617. The Morgan fingerprint density at radius 1 is 1.26 bits per heavy atom. The van der Waals surface area contributed by atoms with Crippen molar-refractivity contribution in [2.75, 3.05) is 30.3 Å². The molecule has 19 heavy (non-hydrogen) atoms. The third-order valence-electron chi connectivity index (χ3n) is 2.87. The number of benzene rings is 1. The number of nitrogens with one attached hydrogen (secondary N) is 1. The highest BCUT2D eigenvalue weighted by atomic mass is 32.2. The average Bonchev–Trinajstić information content (AvgIpc) is 2.52. The summed E-state index contributed by atoms with van der Waals surface area (Å²) in [5.74, 6) is -0.0999. The molecule has 8 heteroatoms. The lowest BCUT2D eigenvalue weighted by Gasteiger charge is -2.22. The highest BCUT2D eigenvalue weighted by molar-refractivity contribution is 7.89. The van der Waals surface area contributed by atoms with E-state index in [2.05, 4.69) is 5.32 Å². The lowest BCUT2D eigenvalue weighted by molar-refractivity contribution is -0.119. The summed E-state index contributed by atoms with van der Waals surface area (Å²) in [5.41, 5.74) is 6.57. The molecule has 0 spiro atoms. The van der Waals surface area contributed by atoms with Gasteiger partial charge in [0.15, 0.2) is 0 Å². The number of rotatable bonds is 2. The van der Waals surface area contributed by atoms with Crippen LogP contribution >= 0.6 is 0 Å². The summed E-state index contributed by atoms with van der Waals surface area (Å²) in [4.78, 5) is 13.2. The maximum Gasteiger partial charge on any atom is 0.239 e. The number of anilines is 2. The van der Waals surface area contributed by atoms with E-state index in [9.17, 15) is 13.2 Å². The van der Waals surface area contributed by atoms with Crippen molar-refractivity contribution in [1.82, 2.24) is 5.32 Å². The zero-order chi connectivity index (χ0) is 14.0. The summed E-state index contributed by atoms with van der Waals surface area (Å²) in [7, 11) is -3.82. The standard InChI is InChI=1S/C11H16N4O3S/c12-8-4-9(6-10(5-8)19(13,17)18)15-3-1-2-14-11(16)7-15/h4-6H,1-3,7,12H2,(H,14,16)(H2,13,17,18). The van der Waals surface area contributed by atoms with Gasteiger partial charge in [0.05, 0.1) is 11.4 Å². The highest BCUT2D eigenvalue weighted by Crippen LogP contribution is 2.23. The normalized spacial score (nSPS) is 16.9. The lowest BCUT2D eigenvalue weighted by Crippen LogP contribution is -2.33. The number of nitrogens with zero attached hydrogens (tertiary/aromatic N) is 1. The predicted molar refractivity (Wildman–Crippen MR) is 72.1 cm³/mol. The summed E-state index contributed by atoms with van der Waals surface area (Å²) < 4.78 is 22.8. The Kier molecular flexibility index (Phi) is 3.63. The van der Waals surface area contributed by atoms with Crippen LogP contribution in [0.1, 0.15) is 6.42 Å². The second-order valence-corrected chi connectivity index (χ2v) is 5.99. The molecular weight excluding hydrogens is 268 g/mol. The molecule has 1 saturated heterocycles. The zero-order valence-electron chi connectivity index (χ0n) is 10.3. The average molecular weight is 284 g/mol. The van der Waals surface area contributed by atoms with E-state index in [0.29, 0.717) is 24.5 Å². The van der Waals surface area contributed by atoms with E-state index in [4.69, 9.17) is 10.9 Å².